The van der Waals surface area contributed by atoms with Crippen LogP contribution in [0.3, 0.4) is 0 Å². The molecule has 0 saturated carbocycles. The molecule has 30 heavy (non-hydrogen) atoms. The summed E-state index contributed by atoms with van der Waals surface area (Å²) in [6.07, 6.45) is 3.70. The molecule has 0 N–H and O–H groups in total. The number of hydrogen-bond acceptors (Lipinski definition) is 6. The van der Waals surface area contributed by atoms with Crippen LogP contribution < -0.4 is 14.4 Å². The number of piperazine rings is 1. The summed E-state index contributed by atoms with van der Waals surface area (Å²) in [7, 11) is 0. The number of pyridine rings is 1. The fraction of sp³-hybridized carbons (Fsp3) is 0.391. The first kappa shape index (κ1) is 20.2. The Hall–Kier alpha value is -3.06. The largest absolute Gasteiger partial charge is 0.486 e. The van der Waals surface area contributed by atoms with E-state index in [0.29, 0.717) is 6.61 Å². The predicted molar refractivity (Wildman–Crippen MR) is 118 cm³/mol. The van der Waals surface area contributed by atoms with Crippen molar-refractivity contribution in [2.24, 2.45) is 0 Å². The Kier molecular flexibility index (Phi) is 6.49. The van der Waals surface area contributed by atoms with E-state index in [1.54, 1.807) is 6.20 Å². The Morgan fingerprint density at radius 1 is 0.900 bits per heavy atom. The first-order valence-corrected chi connectivity index (χ1v) is 10.7. The standard InChI is InChI=1S/C21H23N5O2.C2H6/c1-2-6-19-18(5-1)27-16-17(28-19)15-24-11-13-25(14-12-24)21-8-10-23-26(21)20-7-3-4-9-22-20;1-2/h1-10,17H,11-16H2;1-2H3/t17-;/m0./s1. The summed E-state index contributed by atoms with van der Waals surface area (Å²) < 4.78 is 13.9. The minimum Gasteiger partial charge on any atom is -0.486 e. The van der Waals surface area contributed by atoms with Gasteiger partial charge in [-0.25, -0.2) is 4.98 Å². The molecule has 0 amide bonds. The molecule has 2 aliphatic rings. The highest BCUT2D eigenvalue weighted by Crippen LogP contribution is 2.31. The Bertz CT molecular complexity index is 922. The van der Waals surface area contributed by atoms with E-state index in [1.165, 1.54) is 0 Å². The summed E-state index contributed by atoms with van der Waals surface area (Å²) in [5.74, 6) is 3.61. The molecule has 2 aliphatic heterocycles. The predicted octanol–water partition coefficient (Wildman–Crippen LogP) is 3.26. The molecular weight excluding hydrogens is 378 g/mol. The van der Waals surface area contributed by atoms with Crippen molar-refractivity contribution in [2.45, 2.75) is 20.0 Å². The third-order valence-electron chi connectivity index (χ3n) is 5.21. The fourth-order valence-electron chi connectivity index (χ4n) is 3.79. The van der Waals surface area contributed by atoms with Gasteiger partial charge in [0, 0.05) is 45.0 Å². The molecule has 4 heterocycles. The number of aromatic nitrogens is 3. The highest BCUT2D eigenvalue weighted by molar-refractivity contribution is 5.45. The molecule has 0 spiro atoms. The molecule has 158 valence electrons. The van der Waals surface area contributed by atoms with Crippen LogP contribution in [-0.2, 0) is 0 Å². The maximum atomic E-state index is 6.11. The van der Waals surface area contributed by atoms with Crippen molar-refractivity contribution in [1.29, 1.82) is 0 Å². The molecule has 1 aromatic carbocycles. The zero-order valence-electron chi connectivity index (χ0n) is 17.6. The van der Waals surface area contributed by atoms with Crippen LogP contribution in [-0.4, -0.2) is 65.1 Å². The van der Waals surface area contributed by atoms with Crippen LogP contribution in [0.4, 0.5) is 5.82 Å². The van der Waals surface area contributed by atoms with Gasteiger partial charge >= 0.3 is 0 Å². The van der Waals surface area contributed by atoms with Gasteiger partial charge in [-0.05, 0) is 24.3 Å². The number of ether oxygens (including phenoxy) is 2. The summed E-state index contributed by atoms with van der Waals surface area (Å²) in [5, 5.41) is 4.46. The van der Waals surface area contributed by atoms with E-state index >= 15 is 0 Å². The number of benzene rings is 1. The molecule has 0 aliphatic carbocycles. The summed E-state index contributed by atoms with van der Waals surface area (Å²) in [6, 6.07) is 15.8. The van der Waals surface area contributed by atoms with Crippen LogP contribution in [0.5, 0.6) is 11.5 Å². The maximum Gasteiger partial charge on any atom is 0.161 e. The minimum absolute atomic E-state index is 0.0699. The first-order valence-electron chi connectivity index (χ1n) is 10.7. The topological polar surface area (TPSA) is 55.7 Å². The van der Waals surface area contributed by atoms with Gasteiger partial charge in [0.2, 0.25) is 0 Å². The van der Waals surface area contributed by atoms with E-state index in [1.807, 2.05) is 67.2 Å². The third kappa shape index (κ3) is 4.41. The molecule has 1 fully saturated rings. The average molecular weight is 408 g/mol. The lowest BCUT2D eigenvalue weighted by atomic mass is 10.2. The van der Waals surface area contributed by atoms with Crippen molar-refractivity contribution in [3.8, 4) is 17.3 Å². The Labute approximate surface area is 177 Å². The average Bonchev–Trinajstić information content (AvgIpc) is 3.31. The minimum atomic E-state index is 0.0699. The first-order chi connectivity index (χ1) is 14.9. The van der Waals surface area contributed by atoms with Crippen molar-refractivity contribution in [3.63, 3.8) is 0 Å². The number of fused-ring (bicyclic) bond motifs is 1. The van der Waals surface area contributed by atoms with Gasteiger partial charge in [-0.2, -0.15) is 9.78 Å². The molecule has 3 aromatic rings. The second-order valence-electron chi connectivity index (χ2n) is 7.07. The molecule has 0 unspecified atom stereocenters. The van der Waals surface area contributed by atoms with E-state index in [9.17, 15) is 0 Å². The monoisotopic (exact) mass is 407 g/mol. The van der Waals surface area contributed by atoms with Gasteiger partial charge in [-0.3, -0.25) is 4.90 Å². The van der Waals surface area contributed by atoms with Crippen LogP contribution in [0, 0.1) is 0 Å². The van der Waals surface area contributed by atoms with Gasteiger partial charge in [0.15, 0.2) is 17.3 Å². The zero-order valence-corrected chi connectivity index (χ0v) is 17.6. The quantitative estimate of drug-likeness (QED) is 0.662. The van der Waals surface area contributed by atoms with Crippen molar-refractivity contribution in [2.75, 3.05) is 44.2 Å². The van der Waals surface area contributed by atoms with Crippen molar-refractivity contribution in [3.05, 3.63) is 60.9 Å². The zero-order chi connectivity index (χ0) is 20.8. The lowest BCUT2D eigenvalue weighted by Gasteiger charge is -2.38. The number of anilines is 1. The Morgan fingerprint density at radius 3 is 2.43 bits per heavy atom. The Balaban J connectivity index is 0.00000106. The summed E-state index contributed by atoms with van der Waals surface area (Å²) in [4.78, 5) is 9.23. The molecule has 7 heteroatoms. The maximum absolute atomic E-state index is 6.11. The van der Waals surface area contributed by atoms with Crippen LogP contribution in [0.15, 0.2) is 60.9 Å². The molecule has 1 atom stereocenters. The molecule has 0 bridgehead atoms. The smallest absolute Gasteiger partial charge is 0.161 e. The van der Waals surface area contributed by atoms with E-state index in [-0.39, 0.29) is 6.10 Å². The van der Waals surface area contributed by atoms with Gasteiger partial charge in [-0.15, -0.1) is 0 Å². The molecule has 2 aromatic heterocycles. The van der Waals surface area contributed by atoms with Crippen molar-refractivity contribution >= 4 is 5.82 Å². The van der Waals surface area contributed by atoms with Crippen LogP contribution in [0.25, 0.3) is 5.82 Å². The molecule has 7 nitrogen and oxygen atoms in total. The van der Waals surface area contributed by atoms with Crippen LogP contribution in [0.1, 0.15) is 13.8 Å². The normalized spacial score (nSPS) is 18.5. The van der Waals surface area contributed by atoms with Crippen molar-refractivity contribution < 1.29 is 9.47 Å². The highest BCUT2D eigenvalue weighted by atomic mass is 16.6. The third-order valence-corrected chi connectivity index (χ3v) is 5.21. The molecule has 5 rings (SSSR count). The van der Waals surface area contributed by atoms with Crippen LogP contribution >= 0.6 is 0 Å². The van der Waals surface area contributed by atoms with Gasteiger partial charge < -0.3 is 14.4 Å². The van der Waals surface area contributed by atoms with Gasteiger partial charge in [0.25, 0.3) is 0 Å². The van der Waals surface area contributed by atoms with Crippen molar-refractivity contribution in [1.82, 2.24) is 19.7 Å². The number of nitrogens with zero attached hydrogens (tertiary/aromatic N) is 5. The van der Waals surface area contributed by atoms with Crippen LogP contribution in [0.2, 0.25) is 0 Å². The fourth-order valence-corrected chi connectivity index (χ4v) is 3.79. The molecule has 0 radical (unpaired) electrons. The van der Waals surface area contributed by atoms with Gasteiger partial charge in [0.05, 0.1) is 6.20 Å². The van der Waals surface area contributed by atoms with Gasteiger partial charge in [-0.1, -0.05) is 32.0 Å². The second-order valence-corrected chi connectivity index (χ2v) is 7.07. The van der Waals surface area contributed by atoms with E-state index in [4.69, 9.17) is 9.47 Å². The summed E-state index contributed by atoms with van der Waals surface area (Å²) in [6.45, 7) is 9.33. The highest BCUT2D eigenvalue weighted by Gasteiger charge is 2.26. The number of hydrogen-bond donors (Lipinski definition) is 0. The summed E-state index contributed by atoms with van der Waals surface area (Å²) >= 11 is 0. The number of para-hydroxylation sites is 2. The SMILES string of the molecule is CC.c1ccc(-n2nccc2N2CCN(C[C@H]3COc4ccccc4O3)CC2)nc1. The Morgan fingerprint density at radius 2 is 1.67 bits per heavy atom. The summed E-state index contributed by atoms with van der Waals surface area (Å²) in [5.41, 5.74) is 0. The van der Waals surface area contributed by atoms with E-state index < -0.39 is 0 Å². The number of rotatable bonds is 4. The molecule has 1 saturated heterocycles. The van der Waals surface area contributed by atoms with E-state index in [0.717, 1.165) is 55.9 Å². The second kappa shape index (κ2) is 9.63. The molecular formula is C23H29N5O2. The lowest BCUT2D eigenvalue weighted by molar-refractivity contribution is 0.0570. The lowest BCUT2D eigenvalue weighted by Crippen LogP contribution is -2.51. The van der Waals surface area contributed by atoms with Gasteiger partial charge in [0.1, 0.15) is 18.5 Å². The van der Waals surface area contributed by atoms with E-state index in [2.05, 4.69) is 25.9 Å².